The minimum Gasteiger partial charge on any atom is -0.258 e. The molecule has 1 nitrogen and oxygen atoms in total. The second kappa shape index (κ2) is 4.22. The minimum absolute atomic E-state index is 0.527. The molecule has 0 aliphatic carbocycles. The molecule has 1 aromatic rings. The van der Waals surface area contributed by atoms with E-state index >= 15 is 0 Å². The molecule has 0 aliphatic rings. The molecule has 1 aromatic carbocycles. The highest BCUT2D eigenvalue weighted by Gasteiger charge is 1.99. The largest absolute Gasteiger partial charge is 0.258 e. The summed E-state index contributed by atoms with van der Waals surface area (Å²) in [4.78, 5) is 4.57. The van der Waals surface area contributed by atoms with Crippen molar-refractivity contribution in [3.8, 4) is 0 Å². The van der Waals surface area contributed by atoms with Crippen molar-refractivity contribution in [3.63, 3.8) is 0 Å². The van der Waals surface area contributed by atoms with E-state index in [1.54, 1.807) is 0 Å². The van der Waals surface area contributed by atoms with E-state index in [-0.39, 0.29) is 0 Å². The maximum atomic E-state index is 4.57. The predicted molar refractivity (Wildman–Crippen MR) is 58.8 cm³/mol. The van der Waals surface area contributed by atoms with Crippen LogP contribution in [-0.2, 0) is 0 Å². The lowest BCUT2D eigenvalue weighted by Crippen LogP contribution is -2.00. The lowest BCUT2D eigenvalue weighted by molar-refractivity contribution is 0.878. The third-order valence-corrected chi connectivity index (χ3v) is 2.25. The molecule has 1 heteroatoms. The smallest absolute Gasteiger partial charge is 0.0658 e. The highest BCUT2D eigenvalue weighted by Crippen LogP contribution is 2.18. The Morgan fingerprint density at radius 1 is 1.23 bits per heavy atom. The van der Waals surface area contributed by atoms with Crippen molar-refractivity contribution < 1.29 is 0 Å². The van der Waals surface area contributed by atoms with Crippen molar-refractivity contribution in [2.24, 2.45) is 10.9 Å². The summed E-state index contributed by atoms with van der Waals surface area (Å²) in [7, 11) is 0. The van der Waals surface area contributed by atoms with E-state index in [1.807, 2.05) is 12.1 Å². The molecule has 0 saturated heterocycles. The third kappa shape index (κ3) is 2.69. The summed E-state index contributed by atoms with van der Waals surface area (Å²) >= 11 is 0. The van der Waals surface area contributed by atoms with E-state index < -0.39 is 0 Å². The SMILES string of the molecule is C/C(=N\c1ccccc1C)C(C)C. The maximum absolute atomic E-state index is 4.57. The normalized spacial score (nSPS) is 12.2. The van der Waals surface area contributed by atoms with E-state index in [0.717, 1.165) is 5.69 Å². The predicted octanol–water partition coefficient (Wildman–Crippen LogP) is 3.74. The van der Waals surface area contributed by atoms with E-state index in [1.165, 1.54) is 11.3 Å². The average Bonchev–Trinajstić information content (AvgIpc) is 2.08. The van der Waals surface area contributed by atoms with Gasteiger partial charge in [-0.25, -0.2) is 0 Å². The van der Waals surface area contributed by atoms with Gasteiger partial charge >= 0.3 is 0 Å². The van der Waals surface area contributed by atoms with E-state index in [9.17, 15) is 0 Å². The molecule has 0 N–H and O–H groups in total. The Morgan fingerprint density at radius 3 is 2.38 bits per heavy atom. The molecule has 0 unspecified atom stereocenters. The number of benzene rings is 1. The zero-order valence-electron chi connectivity index (χ0n) is 8.83. The van der Waals surface area contributed by atoms with Crippen LogP contribution in [0.4, 0.5) is 5.69 Å². The van der Waals surface area contributed by atoms with Crippen LogP contribution in [0.3, 0.4) is 0 Å². The Labute approximate surface area is 80.5 Å². The third-order valence-electron chi connectivity index (χ3n) is 2.25. The second-order valence-corrected chi connectivity index (χ2v) is 3.69. The molecule has 0 fully saturated rings. The van der Waals surface area contributed by atoms with Crippen molar-refractivity contribution in [1.82, 2.24) is 0 Å². The molecular formula is C12H17N. The Morgan fingerprint density at radius 2 is 1.85 bits per heavy atom. The first-order valence-corrected chi connectivity index (χ1v) is 4.72. The molecule has 0 spiro atoms. The zero-order chi connectivity index (χ0) is 9.84. The van der Waals surface area contributed by atoms with Crippen LogP contribution >= 0.6 is 0 Å². The molecule has 0 aromatic heterocycles. The van der Waals surface area contributed by atoms with Gasteiger partial charge in [-0.1, -0.05) is 32.0 Å². The van der Waals surface area contributed by atoms with Crippen LogP contribution in [-0.4, -0.2) is 5.71 Å². The molecule has 0 bridgehead atoms. The molecule has 70 valence electrons. The van der Waals surface area contributed by atoms with Crippen LogP contribution in [0.1, 0.15) is 26.3 Å². The van der Waals surface area contributed by atoms with Gasteiger partial charge in [-0.2, -0.15) is 0 Å². The summed E-state index contributed by atoms with van der Waals surface area (Å²) in [5.41, 5.74) is 3.52. The van der Waals surface area contributed by atoms with Gasteiger partial charge in [0.05, 0.1) is 5.69 Å². The standard InChI is InChI=1S/C12H17N/c1-9(2)11(4)13-12-8-6-5-7-10(12)3/h5-9H,1-4H3/b13-11+. The summed E-state index contributed by atoms with van der Waals surface area (Å²) in [6, 6.07) is 8.21. The molecular weight excluding hydrogens is 158 g/mol. The van der Waals surface area contributed by atoms with Crippen molar-refractivity contribution in [2.45, 2.75) is 27.7 Å². The quantitative estimate of drug-likeness (QED) is 0.607. The van der Waals surface area contributed by atoms with Crippen LogP contribution in [0.15, 0.2) is 29.3 Å². The summed E-state index contributed by atoms with van der Waals surface area (Å²) in [5, 5.41) is 0. The van der Waals surface area contributed by atoms with Crippen molar-refractivity contribution >= 4 is 11.4 Å². The van der Waals surface area contributed by atoms with Crippen LogP contribution in [0.5, 0.6) is 0 Å². The van der Waals surface area contributed by atoms with Gasteiger partial charge in [-0.3, -0.25) is 4.99 Å². The number of hydrogen-bond acceptors (Lipinski definition) is 1. The maximum Gasteiger partial charge on any atom is 0.0658 e. The lowest BCUT2D eigenvalue weighted by Gasteiger charge is -2.05. The molecule has 0 aliphatic heterocycles. The van der Waals surface area contributed by atoms with Gasteiger partial charge in [-0.05, 0) is 31.4 Å². The van der Waals surface area contributed by atoms with E-state index in [4.69, 9.17) is 0 Å². The van der Waals surface area contributed by atoms with Gasteiger partial charge in [0.2, 0.25) is 0 Å². The van der Waals surface area contributed by atoms with Crippen LogP contribution in [0, 0.1) is 12.8 Å². The number of para-hydroxylation sites is 1. The molecule has 1 rings (SSSR count). The fraction of sp³-hybridized carbons (Fsp3) is 0.417. The van der Waals surface area contributed by atoms with Crippen LogP contribution < -0.4 is 0 Å². The summed E-state index contributed by atoms with van der Waals surface area (Å²) < 4.78 is 0. The minimum atomic E-state index is 0.527. The Bertz CT molecular complexity index is 311. The van der Waals surface area contributed by atoms with Crippen molar-refractivity contribution in [1.29, 1.82) is 0 Å². The van der Waals surface area contributed by atoms with Gasteiger partial charge in [0.25, 0.3) is 0 Å². The highest BCUT2D eigenvalue weighted by molar-refractivity contribution is 5.86. The molecule has 0 radical (unpaired) electrons. The molecule has 0 saturated carbocycles. The number of aliphatic imine (C=N–C) groups is 1. The van der Waals surface area contributed by atoms with Gasteiger partial charge in [0.1, 0.15) is 0 Å². The zero-order valence-corrected chi connectivity index (χ0v) is 8.83. The number of hydrogen-bond donors (Lipinski definition) is 0. The molecule has 0 atom stereocenters. The topological polar surface area (TPSA) is 12.4 Å². The highest BCUT2D eigenvalue weighted by atomic mass is 14.7. The second-order valence-electron chi connectivity index (χ2n) is 3.69. The Hall–Kier alpha value is -1.11. The molecule has 13 heavy (non-hydrogen) atoms. The average molecular weight is 175 g/mol. The fourth-order valence-electron chi connectivity index (χ4n) is 1.01. The molecule has 0 amide bonds. The molecule has 0 heterocycles. The summed E-state index contributed by atoms with van der Waals surface area (Å²) in [6.45, 7) is 8.50. The Balaban J connectivity index is 2.97. The number of aryl methyl sites for hydroxylation is 1. The fourth-order valence-corrected chi connectivity index (χ4v) is 1.01. The first-order valence-electron chi connectivity index (χ1n) is 4.72. The summed E-state index contributed by atoms with van der Waals surface area (Å²) in [5.74, 6) is 0.527. The number of rotatable bonds is 2. The van der Waals surface area contributed by atoms with Gasteiger partial charge < -0.3 is 0 Å². The first-order chi connectivity index (χ1) is 6.11. The van der Waals surface area contributed by atoms with E-state index in [0.29, 0.717) is 5.92 Å². The Kier molecular flexibility index (Phi) is 3.24. The van der Waals surface area contributed by atoms with Crippen LogP contribution in [0.25, 0.3) is 0 Å². The van der Waals surface area contributed by atoms with Gasteiger partial charge in [-0.15, -0.1) is 0 Å². The van der Waals surface area contributed by atoms with Gasteiger partial charge in [0.15, 0.2) is 0 Å². The van der Waals surface area contributed by atoms with Crippen molar-refractivity contribution in [2.75, 3.05) is 0 Å². The first kappa shape index (κ1) is 9.97. The monoisotopic (exact) mass is 175 g/mol. The van der Waals surface area contributed by atoms with Crippen LogP contribution in [0.2, 0.25) is 0 Å². The van der Waals surface area contributed by atoms with Crippen molar-refractivity contribution in [3.05, 3.63) is 29.8 Å². The summed E-state index contributed by atoms with van der Waals surface area (Å²) in [6.07, 6.45) is 0. The van der Waals surface area contributed by atoms with Gasteiger partial charge in [0, 0.05) is 5.71 Å². The lowest BCUT2D eigenvalue weighted by atomic mass is 10.1. The van der Waals surface area contributed by atoms with E-state index in [2.05, 4.69) is 44.8 Å². The number of nitrogens with zero attached hydrogens (tertiary/aromatic N) is 1.